The molecule has 0 aliphatic rings. The van der Waals surface area contributed by atoms with E-state index in [0.717, 1.165) is 5.56 Å². The van der Waals surface area contributed by atoms with Crippen LogP contribution in [0.1, 0.15) is 12.5 Å². The standard InChI is InChI=1S/C10H8N2O2/c1-2-8-4-3-5-9(11-6-13)10(8)12-7-14/h3-5H,2H2,1H3. The first-order valence-electron chi connectivity index (χ1n) is 4.11. The molecule has 0 fully saturated rings. The number of hydrogen-bond acceptors (Lipinski definition) is 4. The number of rotatable bonds is 3. The highest BCUT2D eigenvalue weighted by Gasteiger charge is 2.04. The molecule has 0 saturated heterocycles. The van der Waals surface area contributed by atoms with Crippen molar-refractivity contribution in [3.8, 4) is 0 Å². The molecule has 0 heterocycles. The summed E-state index contributed by atoms with van der Waals surface area (Å²) in [7, 11) is 0. The van der Waals surface area contributed by atoms with E-state index in [1.165, 1.54) is 12.2 Å². The van der Waals surface area contributed by atoms with E-state index in [-0.39, 0.29) is 0 Å². The van der Waals surface area contributed by atoms with Gasteiger partial charge in [-0.2, -0.15) is 9.98 Å². The van der Waals surface area contributed by atoms with Gasteiger partial charge in [0, 0.05) is 0 Å². The van der Waals surface area contributed by atoms with Crippen LogP contribution in [0, 0.1) is 0 Å². The summed E-state index contributed by atoms with van der Waals surface area (Å²) >= 11 is 0. The molecule has 0 saturated carbocycles. The largest absolute Gasteiger partial charge is 0.240 e. The van der Waals surface area contributed by atoms with Crippen LogP contribution in [0.2, 0.25) is 0 Å². The minimum atomic E-state index is 0.350. The molecule has 1 rings (SSSR count). The Hall–Kier alpha value is -2.02. The van der Waals surface area contributed by atoms with E-state index in [1.54, 1.807) is 12.1 Å². The zero-order chi connectivity index (χ0) is 10.4. The predicted octanol–water partition coefficient (Wildman–Crippen LogP) is 2.18. The van der Waals surface area contributed by atoms with Gasteiger partial charge in [0.15, 0.2) is 0 Å². The lowest BCUT2D eigenvalue weighted by Gasteiger charge is -2.02. The molecule has 0 atom stereocenters. The molecule has 0 radical (unpaired) electrons. The number of nitrogens with zero attached hydrogens (tertiary/aromatic N) is 2. The molecule has 1 aromatic rings. The van der Waals surface area contributed by atoms with Crippen LogP contribution >= 0.6 is 0 Å². The summed E-state index contributed by atoms with van der Waals surface area (Å²) in [5.74, 6) is 0. The molecule has 4 heteroatoms. The highest BCUT2D eigenvalue weighted by molar-refractivity contribution is 5.71. The van der Waals surface area contributed by atoms with Gasteiger partial charge in [-0.15, -0.1) is 0 Å². The van der Waals surface area contributed by atoms with Gasteiger partial charge in [0.25, 0.3) is 0 Å². The fourth-order valence-electron chi connectivity index (χ4n) is 1.18. The smallest absolute Gasteiger partial charge is 0.211 e. The summed E-state index contributed by atoms with van der Waals surface area (Å²) in [6.07, 6.45) is 3.57. The van der Waals surface area contributed by atoms with Gasteiger partial charge >= 0.3 is 0 Å². The van der Waals surface area contributed by atoms with Crippen LogP contribution in [0.3, 0.4) is 0 Å². The lowest BCUT2D eigenvalue weighted by molar-refractivity contribution is 0.564. The monoisotopic (exact) mass is 188 g/mol. The second-order valence-corrected chi connectivity index (χ2v) is 2.54. The van der Waals surface area contributed by atoms with Crippen molar-refractivity contribution in [1.82, 2.24) is 0 Å². The molecule has 0 aliphatic heterocycles. The molecule has 0 spiro atoms. The van der Waals surface area contributed by atoms with Crippen molar-refractivity contribution >= 4 is 23.5 Å². The summed E-state index contributed by atoms with van der Waals surface area (Å²) in [6.45, 7) is 1.92. The van der Waals surface area contributed by atoms with Crippen LogP contribution in [-0.4, -0.2) is 12.2 Å². The Labute approximate surface area is 81.0 Å². The molecule has 0 bridgehead atoms. The van der Waals surface area contributed by atoms with Gasteiger partial charge in [0.05, 0.1) is 0 Å². The minimum absolute atomic E-state index is 0.350. The van der Waals surface area contributed by atoms with E-state index in [4.69, 9.17) is 0 Å². The molecule has 4 nitrogen and oxygen atoms in total. The number of para-hydroxylation sites is 1. The third kappa shape index (κ3) is 2.02. The first-order chi connectivity index (χ1) is 6.83. The maximum Gasteiger partial charge on any atom is 0.240 e. The topological polar surface area (TPSA) is 58.9 Å². The Morgan fingerprint density at radius 3 is 2.50 bits per heavy atom. The van der Waals surface area contributed by atoms with Gasteiger partial charge in [-0.3, -0.25) is 0 Å². The third-order valence-corrected chi connectivity index (χ3v) is 1.80. The summed E-state index contributed by atoms with van der Waals surface area (Å²) in [4.78, 5) is 27.2. The molecule has 1 aromatic carbocycles. The summed E-state index contributed by atoms with van der Waals surface area (Å²) < 4.78 is 0. The zero-order valence-electron chi connectivity index (χ0n) is 7.65. The number of benzene rings is 1. The normalized spacial score (nSPS) is 8.64. The Bertz CT molecular complexity index is 428. The predicted molar refractivity (Wildman–Crippen MR) is 51.4 cm³/mol. The number of carbonyl (C=O) groups excluding carboxylic acids is 2. The summed E-state index contributed by atoms with van der Waals surface area (Å²) in [5.41, 5.74) is 1.60. The minimum Gasteiger partial charge on any atom is -0.211 e. The molecule has 0 unspecified atom stereocenters. The van der Waals surface area contributed by atoms with Gasteiger partial charge in [-0.05, 0) is 18.1 Å². The Kier molecular flexibility index (Phi) is 3.50. The maximum atomic E-state index is 10.2. The maximum absolute atomic E-state index is 10.2. The van der Waals surface area contributed by atoms with Crippen LogP contribution in [0.25, 0.3) is 0 Å². The van der Waals surface area contributed by atoms with E-state index in [0.29, 0.717) is 17.8 Å². The van der Waals surface area contributed by atoms with Crippen molar-refractivity contribution < 1.29 is 9.59 Å². The first-order valence-corrected chi connectivity index (χ1v) is 4.11. The second kappa shape index (κ2) is 4.87. The molecular weight excluding hydrogens is 180 g/mol. The van der Waals surface area contributed by atoms with Crippen LogP contribution in [0.4, 0.5) is 11.4 Å². The number of hydrogen-bond donors (Lipinski definition) is 0. The first kappa shape index (κ1) is 10.1. The fourth-order valence-corrected chi connectivity index (χ4v) is 1.18. The summed E-state index contributed by atoms with van der Waals surface area (Å²) in [5, 5.41) is 0. The van der Waals surface area contributed by atoms with Crippen LogP contribution in [-0.2, 0) is 16.0 Å². The molecule has 0 N–H and O–H groups in total. The van der Waals surface area contributed by atoms with Crippen LogP contribution in [0.5, 0.6) is 0 Å². The Morgan fingerprint density at radius 1 is 1.21 bits per heavy atom. The third-order valence-electron chi connectivity index (χ3n) is 1.80. The van der Waals surface area contributed by atoms with E-state index in [1.807, 2.05) is 13.0 Å². The van der Waals surface area contributed by atoms with Gasteiger partial charge in [-0.1, -0.05) is 19.1 Å². The van der Waals surface area contributed by atoms with Crippen molar-refractivity contribution in [3.05, 3.63) is 23.8 Å². The number of aryl methyl sites for hydroxylation is 1. The van der Waals surface area contributed by atoms with Gasteiger partial charge < -0.3 is 0 Å². The highest BCUT2D eigenvalue weighted by atomic mass is 16.1. The number of isocyanates is 2. The van der Waals surface area contributed by atoms with E-state index >= 15 is 0 Å². The van der Waals surface area contributed by atoms with Crippen LogP contribution in [0.15, 0.2) is 28.2 Å². The van der Waals surface area contributed by atoms with Gasteiger partial charge in [-0.25, -0.2) is 9.59 Å². The molecule has 0 amide bonds. The van der Waals surface area contributed by atoms with Crippen molar-refractivity contribution in [2.75, 3.05) is 0 Å². The Morgan fingerprint density at radius 2 is 1.93 bits per heavy atom. The van der Waals surface area contributed by atoms with Crippen LogP contribution < -0.4 is 0 Å². The van der Waals surface area contributed by atoms with E-state index in [2.05, 4.69) is 9.98 Å². The van der Waals surface area contributed by atoms with Gasteiger partial charge in [0.2, 0.25) is 12.2 Å². The second-order valence-electron chi connectivity index (χ2n) is 2.54. The quantitative estimate of drug-likeness (QED) is 0.539. The zero-order valence-corrected chi connectivity index (χ0v) is 7.65. The van der Waals surface area contributed by atoms with Crippen molar-refractivity contribution in [2.24, 2.45) is 9.98 Å². The average molecular weight is 188 g/mol. The lowest BCUT2D eigenvalue weighted by Crippen LogP contribution is -1.81. The van der Waals surface area contributed by atoms with E-state index < -0.39 is 0 Å². The SMILES string of the molecule is CCc1cccc(N=C=O)c1N=C=O. The highest BCUT2D eigenvalue weighted by Crippen LogP contribution is 2.31. The molecule has 14 heavy (non-hydrogen) atoms. The summed E-state index contributed by atoms with van der Waals surface area (Å²) in [6, 6.07) is 5.17. The molecule has 70 valence electrons. The number of aliphatic imine (C=N–C) groups is 2. The molecular formula is C10H8N2O2. The van der Waals surface area contributed by atoms with Crippen molar-refractivity contribution in [1.29, 1.82) is 0 Å². The van der Waals surface area contributed by atoms with Gasteiger partial charge in [0.1, 0.15) is 11.4 Å². The molecule has 0 aromatic heterocycles. The fraction of sp³-hybridized carbons (Fsp3) is 0.200. The lowest BCUT2D eigenvalue weighted by atomic mass is 10.1. The van der Waals surface area contributed by atoms with Crippen molar-refractivity contribution in [3.63, 3.8) is 0 Å². The van der Waals surface area contributed by atoms with Crippen molar-refractivity contribution in [2.45, 2.75) is 13.3 Å². The van der Waals surface area contributed by atoms with E-state index in [9.17, 15) is 9.59 Å². The molecule has 0 aliphatic carbocycles. The average Bonchev–Trinajstić information content (AvgIpc) is 2.21. The Balaban J connectivity index is 3.41.